The van der Waals surface area contributed by atoms with Crippen molar-refractivity contribution in [1.29, 1.82) is 0 Å². The largest absolute Gasteiger partial charge is 2.00 e. The van der Waals surface area contributed by atoms with Crippen LogP contribution in [0.2, 0.25) is 0 Å². The van der Waals surface area contributed by atoms with Crippen molar-refractivity contribution < 1.29 is 46.6 Å². The molecule has 0 bridgehead atoms. The van der Waals surface area contributed by atoms with E-state index in [1.165, 1.54) is 52.9 Å². The Morgan fingerprint density at radius 2 is 0.885 bits per heavy atom. The maximum absolute atomic E-state index is 9.40. The van der Waals surface area contributed by atoms with Crippen LogP contribution in [0.1, 0.15) is 173 Å². The Morgan fingerprint density at radius 1 is 0.635 bits per heavy atom. The van der Waals surface area contributed by atoms with E-state index in [1.807, 2.05) is 13.8 Å². The van der Waals surface area contributed by atoms with Crippen molar-refractivity contribution in [3.8, 4) is 0 Å². The average Bonchev–Trinajstić information content (AvgIpc) is 3.74. The minimum Gasteiger partial charge on any atom is -1.00 e. The van der Waals surface area contributed by atoms with Crippen LogP contribution in [0, 0.1) is 6.92 Å². The van der Waals surface area contributed by atoms with Gasteiger partial charge in [-0.3, -0.25) is 0 Å². The molecule has 2 atom stereocenters. The van der Waals surface area contributed by atoms with E-state index in [1.54, 1.807) is 6.08 Å². The number of unbranched alkanes of at least 4 members (excludes halogenated alkanes) is 1. The molecule has 52 heavy (non-hydrogen) atoms. The molecule has 2 unspecified atom stereocenters. The van der Waals surface area contributed by atoms with E-state index >= 15 is 0 Å². The van der Waals surface area contributed by atoms with E-state index in [2.05, 4.69) is 44.2 Å². The zero-order valence-corrected chi connectivity index (χ0v) is 30.7. The molecule has 11 heteroatoms. The van der Waals surface area contributed by atoms with Crippen molar-refractivity contribution in [3.63, 3.8) is 0 Å². The summed E-state index contributed by atoms with van der Waals surface area (Å²) >= 11 is 0. The second-order valence-electron chi connectivity index (χ2n) is 7.47. The summed E-state index contributed by atoms with van der Waals surface area (Å²) in [5, 5.41) is 25.8. The molecule has 0 saturated carbocycles. The number of aliphatic hydroxyl groups is 3. The van der Waals surface area contributed by atoms with Gasteiger partial charge in [0.1, 0.15) is 6.29 Å². The van der Waals surface area contributed by atoms with E-state index in [0.717, 1.165) is 64.8 Å². The summed E-state index contributed by atoms with van der Waals surface area (Å²) < 4.78 is 9.89. The first-order valence-electron chi connectivity index (χ1n) is 14.3. The molecule has 0 amide bonds. The Labute approximate surface area is 363 Å². The topological polar surface area (TPSA) is 174 Å². The normalized spacial score (nSPS) is 9.85. The summed E-state index contributed by atoms with van der Waals surface area (Å²) in [4.78, 5) is 9.40. The molecule has 0 aromatic rings. The van der Waals surface area contributed by atoms with Crippen LogP contribution >= 0.6 is 0 Å². The molecule has 9 nitrogen and oxygen atoms in total. The minimum atomic E-state index is -0.495. The van der Waals surface area contributed by atoms with Crippen LogP contribution in [0.25, 0.3) is 0 Å². The molecular formula is C41H114BrMgN3O6. The molecule has 9 N–H and O–H groups in total. The molecule has 0 aliphatic carbocycles. The molecule has 338 valence electrons. The molecule has 0 radical (unpaired) electrons. The zero-order chi connectivity index (χ0) is 32.0. The average molecular weight is 850 g/mol. The van der Waals surface area contributed by atoms with Gasteiger partial charge >= 0.3 is 23.1 Å². The van der Waals surface area contributed by atoms with E-state index in [4.69, 9.17) is 24.8 Å². The molecular weight excluding hydrogens is 735 g/mol. The summed E-state index contributed by atoms with van der Waals surface area (Å²) in [6.45, 7) is 19.9. The molecule has 0 aromatic heterocycles. The monoisotopic (exact) mass is 848 g/mol. The van der Waals surface area contributed by atoms with E-state index in [-0.39, 0.29) is 134 Å². The third-order valence-electron chi connectivity index (χ3n) is 3.95. The zero-order valence-electron chi connectivity index (χ0n) is 27.7. The molecule has 2 heterocycles. The van der Waals surface area contributed by atoms with Crippen molar-refractivity contribution in [3.05, 3.63) is 32.2 Å². The van der Waals surface area contributed by atoms with Crippen LogP contribution in [0.5, 0.6) is 0 Å². The second kappa shape index (κ2) is 175. The van der Waals surface area contributed by atoms with Crippen LogP contribution in [-0.2, 0) is 14.3 Å². The van der Waals surface area contributed by atoms with Crippen molar-refractivity contribution in [2.45, 2.75) is 185 Å². The molecule has 2 rings (SSSR count). The van der Waals surface area contributed by atoms with E-state index < -0.39 is 6.10 Å². The van der Waals surface area contributed by atoms with Gasteiger partial charge in [-0.15, -0.1) is 6.58 Å². The summed E-state index contributed by atoms with van der Waals surface area (Å²) in [6, 6.07) is 0. The van der Waals surface area contributed by atoms with Crippen molar-refractivity contribution in [2.75, 3.05) is 54.2 Å². The minimum absolute atomic E-state index is 0. The number of aldehydes is 1. The summed E-state index contributed by atoms with van der Waals surface area (Å²) in [6.07, 6.45) is 14.6. The fourth-order valence-electron chi connectivity index (χ4n) is 2.21. The summed E-state index contributed by atoms with van der Waals surface area (Å²) in [5.41, 5.74) is 13.5. The van der Waals surface area contributed by atoms with Gasteiger partial charge in [-0.1, -0.05) is 121 Å². The number of carbonyl (C=O) groups is 1. The maximum Gasteiger partial charge on any atom is 2.00 e. The van der Waals surface area contributed by atoms with Crippen LogP contribution in [0.15, 0.2) is 25.3 Å². The molecule has 2 saturated heterocycles. The fourth-order valence-corrected chi connectivity index (χ4v) is 2.21. The van der Waals surface area contributed by atoms with E-state index in [9.17, 15) is 4.79 Å². The Kier molecular flexibility index (Phi) is 445. The number of halogens is 1. The first-order chi connectivity index (χ1) is 18.9. The van der Waals surface area contributed by atoms with Gasteiger partial charge in [0.05, 0.1) is 18.8 Å². The third kappa shape index (κ3) is 227. The van der Waals surface area contributed by atoms with Crippen LogP contribution in [0.4, 0.5) is 0 Å². The maximum atomic E-state index is 9.40. The van der Waals surface area contributed by atoms with Gasteiger partial charge in [-0.2, -0.15) is 0 Å². The third-order valence-corrected chi connectivity index (χ3v) is 3.95. The SMILES string of the molecule is C.C.C.C.C.C.C.C.C.C.C.C1CCOC1.C1CCOC1.C=CCC(O)CCC.C=C[CH2-].CCCC(O)CO.CCCC=O.CN.CN.CN.[Br-].[Mg+2]. The molecule has 0 spiro atoms. The first kappa shape index (κ1) is 132. The summed E-state index contributed by atoms with van der Waals surface area (Å²) in [5.74, 6) is 0. The number of aliphatic hydroxyl groups excluding tert-OH is 3. The number of rotatable bonds is 9. The molecule has 0 aromatic carbocycles. The number of ether oxygens (including phenoxy) is 2. The number of allylic oxidation sites excluding steroid dienone is 1. The predicted octanol–water partition coefficient (Wildman–Crippen LogP) is 7.79. The summed E-state index contributed by atoms with van der Waals surface area (Å²) in [7, 11) is 4.50. The van der Waals surface area contributed by atoms with Gasteiger partial charge in [0.15, 0.2) is 0 Å². The number of hydrogen-bond donors (Lipinski definition) is 6. The number of nitrogens with two attached hydrogens (primary N) is 3. The molecule has 2 aliphatic rings. The quantitative estimate of drug-likeness (QED) is 0.0586. The van der Waals surface area contributed by atoms with Crippen LogP contribution < -0.4 is 34.2 Å². The Hall–Kier alpha value is -0.0538. The van der Waals surface area contributed by atoms with Gasteiger partial charge in [0.2, 0.25) is 0 Å². The molecule has 2 fully saturated rings. The predicted molar refractivity (Wildman–Crippen MR) is 250 cm³/mol. The first-order valence-corrected chi connectivity index (χ1v) is 14.3. The van der Waals surface area contributed by atoms with Crippen molar-refractivity contribution in [1.82, 2.24) is 0 Å². The second-order valence-corrected chi connectivity index (χ2v) is 7.47. The van der Waals surface area contributed by atoms with E-state index in [0.29, 0.717) is 12.8 Å². The Morgan fingerprint density at radius 3 is 0.981 bits per heavy atom. The Balaban J connectivity index is -0.0000000123. The van der Waals surface area contributed by atoms with Gasteiger partial charge in [-0.25, -0.2) is 19.6 Å². The van der Waals surface area contributed by atoms with Crippen molar-refractivity contribution >= 4 is 29.3 Å². The number of hydrogen-bond acceptors (Lipinski definition) is 9. The smallest absolute Gasteiger partial charge is 1.00 e. The van der Waals surface area contributed by atoms with Crippen LogP contribution in [-0.4, -0.2) is 111 Å². The van der Waals surface area contributed by atoms with Crippen LogP contribution in [0.3, 0.4) is 0 Å². The number of carbonyl (C=O) groups excluding carboxylic acids is 1. The van der Waals surface area contributed by atoms with Gasteiger partial charge in [-0.05, 0) is 72.5 Å². The van der Waals surface area contributed by atoms with Gasteiger partial charge < -0.3 is 63.8 Å². The van der Waals surface area contributed by atoms with Gasteiger partial charge in [0, 0.05) is 32.8 Å². The standard InChI is InChI=1S/C7H14O.C5H12O2.3C4H8O.C3H5.3CH5N.11CH4.BrH.Mg/c1-3-5-7(8)6-4-2;1-2-3-5(7)4-6;2*1-2-4-5-3-1;1-2-3-4-5;1-3-2;3*1-2;;;;;;;;;;;;;/h3,7-8H,1,4-6H2,2H3;5-7H,2-4H2,1H3;2*1-4H2;4H,2-3H2,1H3;3H,1-2H2;3*2H2,1H3;11*1H4;1H;/q;;;;;-1;;;;;;;;;;;;;;;;+2/p-1. The van der Waals surface area contributed by atoms with Gasteiger partial charge in [0.25, 0.3) is 0 Å². The fraction of sp³-hybridized carbons (Fsp3) is 0.854. The Bertz CT molecular complexity index is 350. The molecule has 2 aliphatic heterocycles. The van der Waals surface area contributed by atoms with Crippen molar-refractivity contribution in [2.24, 2.45) is 17.2 Å².